The normalized spacial score (nSPS) is 18.0. The lowest BCUT2D eigenvalue weighted by atomic mass is 10.0. The number of amides is 2. The average molecular weight is 346 g/mol. The summed E-state index contributed by atoms with van der Waals surface area (Å²) in [5.41, 5.74) is 1.57. The van der Waals surface area contributed by atoms with Crippen LogP contribution in [0, 0.1) is 5.92 Å². The van der Waals surface area contributed by atoms with Crippen molar-refractivity contribution in [3.05, 3.63) is 29.8 Å². The Labute approximate surface area is 148 Å². The predicted molar refractivity (Wildman–Crippen MR) is 95.2 cm³/mol. The lowest BCUT2D eigenvalue weighted by Gasteiger charge is -2.24. The highest BCUT2D eigenvalue weighted by molar-refractivity contribution is 5.97. The number of hydrogen-bond acceptors (Lipinski definition) is 3. The molecule has 1 saturated heterocycles. The van der Waals surface area contributed by atoms with Gasteiger partial charge in [-0.3, -0.25) is 14.4 Å². The van der Waals surface area contributed by atoms with Crippen molar-refractivity contribution in [2.24, 2.45) is 5.92 Å². The zero-order valence-electron chi connectivity index (χ0n) is 14.8. The second-order valence-corrected chi connectivity index (χ2v) is 6.62. The molecule has 6 heteroatoms. The van der Waals surface area contributed by atoms with Gasteiger partial charge in [0, 0.05) is 18.7 Å². The maximum absolute atomic E-state index is 12.5. The van der Waals surface area contributed by atoms with Crippen LogP contribution in [0.4, 0.5) is 5.69 Å². The summed E-state index contributed by atoms with van der Waals surface area (Å²) in [6, 6.07) is 6.79. The number of likely N-dealkylation sites (tertiary alicyclic amines) is 1. The second kappa shape index (κ2) is 8.65. The van der Waals surface area contributed by atoms with Crippen molar-refractivity contribution in [2.75, 3.05) is 11.9 Å². The molecule has 2 N–H and O–H groups in total. The molecule has 1 aromatic rings. The molecule has 6 nitrogen and oxygen atoms in total. The van der Waals surface area contributed by atoms with Crippen molar-refractivity contribution in [2.45, 2.75) is 52.0 Å². The minimum Gasteiger partial charge on any atom is -0.481 e. The Morgan fingerprint density at radius 1 is 1.28 bits per heavy atom. The molecule has 25 heavy (non-hydrogen) atoms. The van der Waals surface area contributed by atoms with E-state index in [9.17, 15) is 14.4 Å². The first kappa shape index (κ1) is 19.0. The smallest absolute Gasteiger partial charge is 0.306 e. The minimum atomic E-state index is -0.824. The van der Waals surface area contributed by atoms with E-state index in [-0.39, 0.29) is 11.8 Å². The molecule has 0 spiro atoms. The van der Waals surface area contributed by atoms with Gasteiger partial charge in [-0.25, -0.2) is 0 Å². The minimum absolute atomic E-state index is 0.0400. The Kier molecular flexibility index (Phi) is 6.56. The van der Waals surface area contributed by atoms with Crippen LogP contribution < -0.4 is 5.32 Å². The fraction of sp³-hybridized carbons (Fsp3) is 0.526. The zero-order chi connectivity index (χ0) is 18.4. The van der Waals surface area contributed by atoms with Crippen LogP contribution in [0.1, 0.15) is 45.1 Å². The molecule has 2 unspecified atom stereocenters. The van der Waals surface area contributed by atoms with Crippen molar-refractivity contribution in [1.29, 1.82) is 0 Å². The first-order chi connectivity index (χ1) is 11.9. The van der Waals surface area contributed by atoms with Crippen molar-refractivity contribution >= 4 is 23.5 Å². The molecule has 1 aliphatic heterocycles. The third-order valence-electron chi connectivity index (χ3n) is 4.52. The predicted octanol–water partition coefficient (Wildman–Crippen LogP) is 2.68. The van der Waals surface area contributed by atoms with Crippen LogP contribution in [0.25, 0.3) is 0 Å². The molecule has 0 saturated carbocycles. The summed E-state index contributed by atoms with van der Waals surface area (Å²) in [5.74, 6) is -1.39. The number of hydrogen-bond donors (Lipinski definition) is 2. The van der Waals surface area contributed by atoms with Gasteiger partial charge in [-0.15, -0.1) is 0 Å². The highest BCUT2D eigenvalue weighted by Crippen LogP contribution is 2.21. The van der Waals surface area contributed by atoms with E-state index in [4.69, 9.17) is 5.11 Å². The van der Waals surface area contributed by atoms with E-state index in [0.29, 0.717) is 31.5 Å². The van der Waals surface area contributed by atoms with Gasteiger partial charge >= 0.3 is 5.97 Å². The van der Waals surface area contributed by atoms with E-state index in [1.165, 1.54) is 0 Å². The van der Waals surface area contributed by atoms with E-state index in [1.54, 1.807) is 24.0 Å². The summed E-state index contributed by atoms with van der Waals surface area (Å²) in [7, 11) is 0. The van der Waals surface area contributed by atoms with Gasteiger partial charge in [0.2, 0.25) is 11.8 Å². The molecule has 1 aliphatic rings. The monoisotopic (exact) mass is 346 g/mol. The molecule has 2 rings (SSSR count). The summed E-state index contributed by atoms with van der Waals surface area (Å²) in [4.78, 5) is 37.2. The average Bonchev–Trinajstić information content (AvgIpc) is 3.06. The molecule has 1 fully saturated rings. The molecule has 1 heterocycles. The highest BCUT2D eigenvalue weighted by Gasteiger charge is 2.33. The van der Waals surface area contributed by atoms with Gasteiger partial charge in [-0.2, -0.15) is 0 Å². The first-order valence-electron chi connectivity index (χ1n) is 8.84. The number of benzene rings is 1. The molecular formula is C19H26N2O4. The van der Waals surface area contributed by atoms with Gasteiger partial charge in [0.25, 0.3) is 0 Å². The molecular weight excluding hydrogens is 320 g/mol. The number of nitrogens with one attached hydrogen (secondary N) is 1. The Hall–Kier alpha value is -2.37. The van der Waals surface area contributed by atoms with Crippen LogP contribution in [0.2, 0.25) is 0 Å². The van der Waals surface area contributed by atoms with Gasteiger partial charge in [-0.05, 0) is 43.4 Å². The third kappa shape index (κ3) is 5.05. The number of nitrogens with zero attached hydrogens (tertiary/aromatic N) is 1. The molecule has 0 radical (unpaired) electrons. The van der Waals surface area contributed by atoms with Crippen LogP contribution in [-0.4, -0.2) is 40.4 Å². The van der Waals surface area contributed by atoms with Crippen LogP contribution in [-0.2, 0) is 20.8 Å². The lowest BCUT2D eigenvalue weighted by Crippen LogP contribution is -2.43. The number of carboxylic acid groups (broad SMARTS) is 1. The van der Waals surface area contributed by atoms with Gasteiger partial charge in [-0.1, -0.05) is 26.0 Å². The molecule has 0 aromatic heterocycles. The number of aliphatic carboxylic acids is 1. The van der Waals surface area contributed by atoms with Gasteiger partial charge < -0.3 is 15.3 Å². The summed E-state index contributed by atoms with van der Waals surface area (Å²) in [6.45, 7) is 4.26. The SMILES string of the molecule is CCCC(=O)N1CCCC1C(=O)Nc1ccc(CC(C)C(=O)O)cc1. The molecule has 2 atom stereocenters. The summed E-state index contributed by atoms with van der Waals surface area (Å²) >= 11 is 0. The molecule has 0 aliphatic carbocycles. The standard InChI is InChI=1S/C19H26N2O4/c1-3-5-17(22)21-11-4-6-16(21)18(23)20-15-9-7-14(8-10-15)12-13(2)19(24)25/h7-10,13,16H,3-6,11-12H2,1-2H3,(H,20,23)(H,24,25). The van der Waals surface area contributed by atoms with E-state index < -0.39 is 17.9 Å². The van der Waals surface area contributed by atoms with Gasteiger partial charge in [0.1, 0.15) is 6.04 Å². The maximum Gasteiger partial charge on any atom is 0.306 e. The number of carbonyl (C=O) groups is 3. The number of carbonyl (C=O) groups excluding carboxylic acids is 2. The van der Waals surface area contributed by atoms with Crippen LogP contribution in [0.3, 0.4) is 0 Å². The maximum atomic E-state index is 12.5. The van der Waals surface area contributed by atoms with Crippen molar-refractivity contribution < 1.29 is 19.5 Å². The fourth-order valence-electron chi connectivity index (χ4n) is 3.09. The molecule has 1 aromatic carbocycles. The first-order valence-corrected chi connectivity index (χ1v) is 8.84. The number of rotatable bonds is 7. The van der Waals surface area contributed by atoms with Crippen LogP contribution >= 0.6 is 0 Å². The Balaban J connectivity index is 1.96. The van der Waals surface area contributed by atoms with Crippen molar-refractivity contribution in [3.63, 3.8) is 0 Å². The van der Waals surface area contributed by atoms with Crippen LogP contribution in [0.15, 0.2) is 24.3 Å². The van der Waals surface area contributed by atoms with Crippen molar-refractivity contribution in [3.8, 4) is 0 Å². The second-order valence-electron chi connectivity index (χ2n) is 6.62. The summed E-state index contributed by atoms with van der Waals surface area (Å²) in [6.07, 6.45) is 3.24. The third-order valence-corrected chi connectivity index (χ3v) is 4.52. The molecule has 136 valence electrons. The largest absolute Gasteiger partial charge is 0.481 e. The quantitative estimate of drug-likeness (QED) is 0.795. The van der Waals surface area contributed by atoms with Gasteiger partial charge in [0.15, 0.2) is 0 Å². The molecule has 0 bridgehead atoms. The van der Waals surface area contributed by atoms with Gasteiger partial charge in [0.05, 0.1) is 5.92 Å². The number of anilines is 1. The van der Waals surface area contributed by atoms with Crippen LogP contribution in [0.5, 0.6) is 0 Å². The molecule has 2 amide bonds. The Morgan fingerprint density at radius 2 is 1.96 bits per heavy atom. The number of carboxylic acids is 1. The lowest BCUT2D eigenvalue weighted by molar-refractivity contribution is -0.141. The summed E-state index contributed by atoms with van der Waals surface area (Å²) in [5, 5.41) is 11.8. The van der Waals surface area contributed by atoms with E-state index >= 15 is 0 Å². The topological polar surface area (TPSA) is 86.7 Å². The Bertz CT molecular complexity index is 627. The zero-order valence-corrected chi connectivity index (χ0v) is 14.8. The van der Waals surface area contributed by atoms with E-state index in [0.717, 1.165) is 18.4 Å². The van der Waals surface area contributed by atoms with E-state index in [1.807, 2.05) is 19.1 Å². The highest BCUT2D eigenvalue weighted by atomic mass is 16.4. The fourth-order valence-corrected chi connectivity index (χ4v) is 3.09. The van der Waals surface area contributed by atoms with Crippen molar-refractivity contribution in [1.82, 2.24) is 4.90 Å². The Morgan fingerprint density at radius 3 is 2.56 bits per heavy atom. The van der Waals surface area contributed by atoms with E-state index in [2.05, 4.69) is 5.32 Å². The summed E-state index contributed by atoms with van der Waals surface area (Å²) < 4.78 is 0.